The number of hydrogen-bond donors (Lipinski definition) is 0. The van der Waals surface area contributed by atoms with Gasteiger partial charge >= 0.3 is 0 Å². The molecule has 2 unspecified atom stereocenters. The molecule has 2 atom stereocenters. The molecule has 0 aliphatic heterocycles. The van der Waals surface area contributed by atoms with Crippen molar-refractivity contribution in [1.29, 1.82) is 0 Å². The van der Waals surface area contributed by atoms with Crippen LogP contribution < -0.4 is 0 Å². The summed E-state index contributed by atoms with van der Waals surface area (Å²) in [6.07, 6.45) is 6.87. The summed E-state index contributed by atoms with van der Waals surface area (Å²) in [5.41, 5.74) is 1.51. The second-order valence-corrected chi connectivity index (χ2v) is 10.8. The molecule has 0 N–H and O–H groups in total. The summed E-state index contributed by atoms with van der Waals surface area (Å²) in [5.74, 6) is 0.544. The quantitative estimate of drug-likeness (QED) is 0.669. The summed E-state index contributed by atoms with van der Waals surface area (Å²) in [7, 11) is -1.04. The zero-order valence-electron chi connectivity index (χ0n) is 15.7. The van der Waals surface area contributed by atoms with Crippen molar-refractivity contribution in [2.24, 2.45) is 11.3 Å². The predicted octanol–water partition coefficient (Wildman–Crippen LogP) is 4.10. The lowest BCUT2D eigenvalue weighted by Gasteiger charge is -2.39. The van der Waals surface area contributed by atoms with Crippen LogP contribution in [0.3, 0.4) is 0 Å². The molecule has 23 heavy (non-hydrogen) atoms. The largest absolute Gasteiger partial charge is 0.417 e. The molecule has 1 heterocycles. The number of rotatable bonds is 8. The van der Waals surface area contributed by atoms with E-state index in [1.807, 2.05) is 18.5 Å². The molecule has 1 aliphatic rings. The van der Waals surface area contributed by atoms with Crippen molar-refractivity contribution in [2.45, 2.75) is 72.3 Å². The molecule has 0 saturated heterocycles. The fourth-order valence-corrected chi connectivity index (χ4v) is 4.72. The fourth-order valence-electron chi connectivity index (χ4n) is 3.46. The minimum absolute atomic E-state index is 0.195. The highest BCUT2D eigenvalue weighted by Gasteiger charge is 2.35. The molecule has 1 aromatic rings. The zero-order valence-corrected chi connectivity index (χ0v) is 16.9. The zero-order chi connectivity index (χ0) is 17.0. The van der Waals surface area contributed by atoms with Gasteiger partial charge in [-0.3, -0.25) is 9.88 Å². The Hall–Kier alpha value is -0.713. The van der Waals surface area contributed by atoms with Gasteiger partial charge in [0, 0.05) is 31.5 Å². The monoisotopic (exact) mass is 334 g/mol. The fraction of sp³-hybridized carbons (Fsp3) is 0.737. The summed E-state index contributed by atoms with van der Waals surface area (Å²) in [6.45, 7) is 16.0. The Kier molecular flexibility index (Phi) is 6.40. The molecular weight excluding hydrogens is 300 g/mol. The van der Waals surface area contributed by atoms with Gasteiger partial charge < -0.3 is 4.43 Å². The van der Waals surface area contributed by atoms with Crippen molar-refractivity contribution in [3.8, 4) is 0 Å². The maximum atomic E-state index is 6.43. The van der Waals surface area contributed by atoms with E-state index in [-0.39, 0.29) is 5.41 Å². The first-order valence-electron chi connectivity index (χ1n) is 9.05. The van der Waals surface area contributed by atoms with Crippen LogP contribution in [0.5, 0.6) is 0 Å². The summed E-state index contributed by atoms with van der Waals surface area (Å²) >= 11 is 0. The highest BCUT2D eigenvalue weighted by atomic mass is 28.3. The Balaban J connectivity index is 2.02. The molecule has 1 aliphatic carbocycles. The summed E-state index contributed by atoms with van der Waals surface area (Å²) in [5, 5.41) is 0. The topological polar surface area (TPSA) is 25.4 Å². The van der Waals surface area contributed by atoms with Gasteiger partial charge in [-0.15, -0.1) is 0 Å². The summed E-state index contributed by atoms with van der Waals surface area (Å²) in [6, 6.07) is 4.98. The van der Waals surface area contributed by atoms with Crippen LogP contribution in [0.2, 0.25) is 13.1 Å². The number of aromatic nitrogens is 1. The van der Waals surface area contributed by atoms with Gasteiger partial charge in [0.15, 0.2) is 9.04 Å². The number of hydrogen-bond acceptors (Lipinski definition) is 3. The van der Waals surface area contributed by atoms with Gasteiger partial charge in [0.05, 0.1) is 6.10 Å². The predicted molar refractivity (Wildman–Crippen MR) is 100 cm³/mol. The number of nitrogens with zero attached hydrogens (tertiary/aromatic N) is 2. The first-order chi connectivity index (χ1) is 10.8. The molecule has 130 valence electrons. The van der Waals surface area contributed by atoms with Crippen molar-refractivity contribution in [3.05, 3.63) is 30.1 Å². The van der Waals surface area contributed by atoms with Crippen LogP contribution in [0.1, 0.15) is 46.1 Å². The van der Waals surface area contributed by atoms with Crippen LogP contribution >= 0.6 is 0 Å². The van der Waals surface area contributed by atoms with E-state index in [2.05, 4.69) is 56.7 Å². The van der Waals surface area contributed by atoms with Gasteiger partial charge in [-0.05, 0) is 48.9 Å². The highest BCUT2D eigenvalue weighted by molar-refractivity contribution is 6.48. The average Bonchev–Trinajstić information content (AvgIpc) is 3.28. The van der Waals surface area contributed by atoms with E-state index in [0.717, 1.165) is 19.1 Å². The van der Waals surface area contributed by atoms with Crippen LogP contribution in [0.25, 0.3) is 0 Å². The Labute approximate surface area is 144 Å². The van der Waals surface area contributed by atoms with E-state index in [0.29, 0.717) is 12.0 Å². The molecule has 0 amide bonds. The van der Waals surface area contributed by atoms with Crippen molar-refractivity contribution in [3.63, 3.8) is 0 Å². The molecule has 2 rings (SSSR count). The van der Waals surface area contributed by atoms with Crippen LogP contribution in [0.4, 0.5) is 0 Å². The molecule has 0 aromatic carbocycles. The highest BCUT2D eigenvalue weighted by Crippen LogP contribution is 2.33. The molecule has 3 nitrogen and oxygen atoms in total. The SMILES string of the molecule is CC(CN(Cc1cccnc1)C1CC1)C(O[SiH](C)C)C(C)(C)C. The lowest BCUT2D eigenvalue weighted by atomic mass is 9.82. The third-order valence-corrected chi connectivity index (χ3v) is 5.32. The van der Waals surface area contributed by atoms with Gasteiger partial charge in [0.2, 0.25) is 0 Å². The Morgan fingerprint density at radius 2 is 2.04 bits per heavy atom. The molecule has 4 heteroatoms. The van der Waals surface area contributed by atoms with Crippen LogP contribution in [-0.4, -0.2) is 37.6 Å². The van der Waals surface area contributed by atoms with E-state index in [9.17, 15) is 0 Å². The van der Waals surface area contributed by atoms with Crippen LogP contribution in [0, 0.1) is 11.3 Å². The average molecular weight is 335 g/mol. The lowest BCUT2D eigenvalue weighted by molar-refractivity contribution is 0.0217. The molecular formula is C19H34N2OSi. The molecule has 1 saturated carbocycles. The van der Waals surface area contributed by atoms with E-state index in [4.69, 9.17) is 4.43 Å². The van der Waals surface area contributed by atoms with Crippen molar-refractivity contribution in [1.82, 2.24) is 9.88 Å². The van der Waals surface area contributed by atoms with Gasteiger partial charge in [-0.1, -0.05) is 33.8 Å². The molecule has 0 radical (unpaired) electrons. The third kappa shape index (κ3) is 6.01. The van der Waals surface area contributed by atoms with Crippen molar-refractivity contribution < 1.29 is 4.43 Å². The normalized spacial score (nSPS) is 18.4. The van der Waals surface area contributed by atoms with Gasteiger partial charge in [0.25, 0.3) is 0 Å². The lowest BCUT2D eigenvalue weighted by Crippen LogP contribution is -2.43. The smallest absolute Gasteiger partial charge is 0.171 e. The Morgan fingerprint density at radius 3 is 2.52 bits per heavy atom. The van der Waals surface area contributed by atoms with Gasteiger partial charge in [-0.2, -0.15) is 0 Å². The first kappa shape index (κ1) is 18.6. The molecule has 1 aromatic heterocycles. The maximum Gasteiger partial charge on any atom is 0.171 e. The van der Waals surface area contributed by atoms with Crippen molar-refractivity contribution >= 4 is 9.04 Å². The maximum absolute atomic E-state index is 6.43. The standard InChI is InChI=1S/C19H34N2OSi/c1-15(18(19(2,3)4)22-23(5)6)13-21(17-9-10-17)14-16-8-7-11-20-12-16/h7-8,11-12,15,17-18,23H,9-10,13-14H2,1-6H3. The van der Waals surface area contributed by atoms with E-state index < -0.39 is 9.04 Å². The van der Waals surface area contributed by atoms with E-state index in [1.165, 1.54) is 18.4 Å². The van der Waals surface area contributed by atoms with E-state index in [1.54, 1.807) is 0 Å². The van der Waals surface area contributed by atoms with Crippen LogP contribution in [-0.2, 0) is 11.0 Å². The van der Waals surface area contributed by atoms with Gasteiger partial charge in [0.1, 0.15) is 0 Å². The van der Waals surface area contributed by atoms with Crippen molar-refractivity contribution in [2.75, 3.05) is 6.54 Å². The second-order valence-electron chi connectivity index (χ2n) is 8.47. The number of pyridine rings is 1. The minimum Gasteiger partial charge on any atom is -0.417 e. The Bertz CT molecular complexity index is 468. The third-order valence-electron chi connectivity index (χ3n) is 4.48. The molecule has 0 bridgehead atoms. The molecule has 0 spiro atoms. The molecule has 1 fully saturated rings. The summed E-state index contributed by atoms with van der Waals surface area (Å²) < 4.78 is 6.43. The Morgan fingerprint density at radius 1 is 1.35 bits per heavy atom. The summed E-state index contributed by atoms with van der Waals surface area (Å²) in [4.78, 5) is 6.91. The van der Waals surface area contributed by atoms with Crippen LogP contribution in [0.15, 0.2) is 24.5 Å². The van der Waals surface area contributed by atoms with Gasteiger partial charge in [-0.25, -0.2) is 0 Å². The second kappa shape index (κ2) is 7.91. The minimum atomic E-state index is -1.04. The van der Waals surface area contributed by atoms with E-state index >= 15 is 0 Å². The first-order valence-corrected chi connectivity index (χ1v) is 11.8.